The normalized spacial score (nSPS) is 9.62. The third kappa shape index (κ3) is 1.61. The van der Waals surface area contributed by atoms with Crippen LogP contribution in [-0.2, 0) is 0 Å². The molecule has 0 bridgehead atoms. The predicted molar refractivity (Wildman–Crippen MR) is 36.5 cm³/mol. The van der Waals surface area contributed by atoms with Crippen molar-refractivity contribution in [1.29, 1.82) is 0 Å². The molecule has 0 saturated carbocycles. The zero-order valence-electron chi connectivity index (χ0n) is 3.87. The zero-order chi connectivity index (χ0) is 5.82. The third-order valence-corrected chi connectivity index (χ3v) is 2.41. The number of hydrogen-bond acceptors (Lipinski definition) is 4. The summed E-state index contributed by atoms with van der Waals surface area (Å²) in [5.41, 5.74) is 1.69. The third-order valence-electron chi connectivity index (χ3n) is 0.518. The molecule has 1 heterocycles. The molecule has 0 spiro atoms. The van der Waals surface area contributed by atoms with Gasteiger partial charge in [0.15, 0.2) is 4.34 Å². The summed E-state index contributed by atoms with van der Waals surface area (Å²) in [6.07, 6.45) is 0. The van der Waals surface area contributed by atoms with E-state index in [-0.39, 0.29) is 0 Å². The maximum Gasteiger partial charge on any atom is 0.175 e. The number of hydrogen-bond donors (Lipinski definition) is 0. The Morgan fingerprint density at radius 1 is 1.88 bits per heavy atom. The Hall–Kier alpha value is 0.200. The van der Waals surface area contributed by atoms with E-state index in [9.17, 15) is 0 Å². The molecule has 0 unspecified atom stereocenters. The van der Waals surface area contributed by atoms with E-state index >= 15 is 0 Å². The molecular formula is C3H3ClN2S2. The van der Waals surface area contributed by atoms with Crippen LogP contribution in [0.15, 0.2) is 9.85 Å². The van der Waals surface area contributed by atoms with Gasteiger partial charge < -0.3 is 0 Å². The van der Waals surface area contributed by atoms with Crippen molar-refractivity contribution >= 4 is 34.7 Å². The minimum absolute atomic E-state index is 0.551. The van der Waals surface area contributed by atoms with Gasteiger partial charge in [-0.2, -0.15) is 0 Å². The van der Waals surface area contributed by atoms with Crippen LogP contribution in [0.2, 0.25) is 0 Å². The van der Waals surface area contributed by atoms with Crippen molar-refractivity contribution in [2.45, 2.75) is 4.34 Å². The summed E-state index contributed by atoms with van der Waals surface area (Å²) in [5, 5.41) is 7.93. The average molecular weight is 167 g/mol. The smallest absolute Gasteiger partial charge is 0.146 e. The summed E-state index contributed by atoms with van der Waals surface area (Å²) >= 11 is 8.39. The highest BCUT2D eigenvalue weighted by Crippen LogP contribution is 2.18. The van der Waals surface area contributed by atoms with E-state index in [0.717, 1.165) is 4.34 Å². The highest BCUT2D eigenvalue weighted by Gasteiger charge is 1.92. The molecular weight excluding hydrogens is 164 g/mol. The fraction of sp³-hybridized carbons (Fsp3) is 0.333. The van der Waals surface area contributed by atoms with Crippen LogP contribution >= 0.6 is 34.7 Å². The Balaban J connectivity index is 2.50. The second kappa shape index (κ2) is 3.27. The lowest BCUT2D eigenvalue weighted by Gasteiger charge is -1.80. The number of rotatable bonds is 2. The Morgan fingerprint density at radius 3 is 3.25 bits per heavy atom. The fourth-order valence-electron chi connectivity index (χ4n) is 0.272. The highest BCUT2D eigenvalue weighted by atomic mass is 35.5. The molecule has 8 heavy (non-hydrogen) atoms. The van der Waals surface area contributed by atoms with Gasteiger partial charge in [-0.1, -0.05) is 23.1 Å². The first-order chi connectivity index (χ1) is 3.93. The lowest BCUT2D eigenvalue weighted by atomic mass is 11.6. The second-order valence-electron chi connectivity index (χ2n) is 0.958. The van der Waals surface area contributed by atoms with Gasteiger partial charge in [0.1, 0.15) is 5.51 Å². The largest absolute Gasteiger partial charge is 0.175 e. The van der Waals surface area contributed by atoms with Crippen molar-refractivity contribution in [1.82, 2.24) is 10.2 Å². The molecule has 0 N–H and O–H groups in total. The first kappa shape index (κ1) is 6.32. The Kier molecular flexibility index (Phi) is 2.58. The van der Waals surface area contributed by atoms with Crippen LogP contribution in [-0.4, -0.2) is 15.4 Å². The van der Waals surface area contributed by atoms with Crippen molar-refractivity contribution in [3.8, 4) is 0 Å². The molecule has 5 heteroatoms. The minimum atomic E-state index is 0.551. The number of alkyl halides is 1. The Labute approximate surface area is 60.3 Å². The van der Waals surface area contributed by atoms with Crippen LogP contribution in [0.1, 0.15) is 0 Å². The zero-order valence-corrected chi connectivity index (χ0v) is 6.26. The van der Waals surface area contributed by atoms with Crippen LogP contribution in [0.25, 0.3) is 0 Å². The second-order valence-corrected chi connectivity index (χ2v) is 3.60. The van der Waals surface area contributed by atoms with Gasteiger partial charge in [0, 0.05) is 0 Å². The topological polar surface area (TPSA) is 25.8 Å². The van der Waals surface area contributed by atoms with Crippen LogP contribution in [0.4, 0.5) is 0 Å². The maximum atomic E-state index is 5.39. The maximum absolute atomic E-state index is 5.39. The van der Waals surface area contributed by atoms with E-state index in [1.807, 2.05) is 0 Å². The van der Waals surface area contributed by atoms with Gasteiger partial charge >= 0.3 is 0 Å². The van der Waals surface area contributed by atoms with E-state index < -0.39 is 0 Å². The van der Waals surface area contributed by atoms with Crippen LogP contribution in [0, 0.1) is 0 Å². The Bertz CT molecular complexity index is 141. The molecule has 0 fully saturated rings. The van der Waals surface area contributed by atoms with Gasteiger partial charge in [-0.15, -0.1) is 21.8 Å². The average Bonchev–Trinajstić information content (AvgIpc) is 2.19. The molecule has 0 saturated heterocycles. The molecule has 0 radical (unpaired) electrons. The van der Waals surface area contributed by atoms with Crippen LogP contribution < -0.4 is 0 Å². The summed E-state index contributed by atoms with van der Waals surface area (Å²) in [6, 6.07) is 0. The molecule has 2 nitrogen and oxygen atoms in total. The molecule has 0 amide bonds. The molecule has 0 atom stereocenters. The van der Waals surface area contributed by atoms with Crippen molar-refractivity contribution in [3.63, 3.8) is 0 Å². The highest BCUT2D eigenvalue weighted by molar-refractivity contribution is 8.02. The Morgan fingerprint density at radius 2 is 2.75 bits per heavy atom. The summed E-state index contributed by atoms with van der Waals surface area (Å²) in [4.78, 5) is 0. The lowest BCUT2D eigenvalue weighted by molar-refractivity contribution is 1.01. The van der Waals surface area contributed by atoms with Gasteiger partial charge in [-0.25, -0.2) is 0 Å². The van der Waals surface area contributed by atoms with Crippen molar-refractivity contribution in [3.05, 3.63) is 5.51 Å². The first-order valence-electron chi connectivity index (χ1n) is 1.88. The van der Waals surface area contributed by atoms with E-state index in [1.165, 1.54) is 23.1 Å². The number of thioether (sulfide) groups is 1. The molecule has 1 aromatic rings. The molecule has 0 aliphatic rings. The number of aromatic nitrogens is 2. The number of nitrogens with zero attached hydrogens (tertiary/aromatic N) is 2. The summed E-state index contributed by atoms with van der Waals surface area (Å²) in [6.45, 7) is 0. The molecule has 0 aliphatic heterocycles. The SMILES string of the molecule is ClCSc1nncs1. The quantitative estimate of drug-likeness (QED) is 0.495. The van der Waals surface area contributed by atoms with Crippen molar-refractivity contribution in [2.75, 3.05) is 5.21 Å². The summed E-state index contributed by atoms with van der Waals surface area (Å²) < 4.78 is 0.931. The first-order valence-corrected chi connectivity index (χ1v) is 4.28. The lowest BCUT2D eigenvalue weighted by Crippen LogP contribution is -1.67. The standard InChI is InChI=1S/C3H3ClN2S2/c4-1-7-3-6-5-2-8-3/h2H,1H2. The van der Waals surface area contributed by atoms with Gasteiger partial charge in [0.2, 0.25) is 0 Å². The molecule has 44 valence electrons. The fourth-order valence-corrected chi connectivity index (χ4v) is 1.83. The van der Waals surface area contributed by atoms with Gasteiger partial charge in [0.05, 0.1) is 5.21 Å². The van der Waals surface area contributed by atoms with Crippen LogP contribution in [0.3, 0.4) is 0 Å². The van der Waals surface area contributed by atoms with Crippen LogP contribution in [0.5, 0.6) is 0 Å². The summed E-state index contributed by atoms with van der Waals surface area (Å²) in [5.74, 6) is 0. The van der Waals surface area contributed by atoms with Gasteiger partial charge in [-0.05, 0) is 0 Å². The van der Waals surface area contributed by atoms with E-state index in [2.05, 4.69) is 10.2 Å². The van der Waals surface area contributed by atoms with Gasteiger partial charge in [0.25, 0.3) is 0 Å². The minimum Gasteiger partial charge on any atom is -0.146 e. The van der Waals surface area contributed by atoms with E-state index in [0.29, 0.717) is 5.21 Å². The summed E-state index contributed by atoms with van der Waals surface area (Å²) in [7, 11) is 0. The molecule has 0 aromatic carbocycles. The van der Waals surface area contributed by atoms with Gasteiger partial charge in [-0.3, -0.25) is 0 Å². The van der Waals surface area contributed by atoms with E-state index in [1.54, 1.807) is 5.51 Å². The molecule has 0 aliphatic carbocycles. The predicted octanol–water partition coefficient (Wildman–Crippen LogP) is 1.83. The number of halogens is 1. The van der Waals surface area contributed by atoms with Crippen molar-refractivity contribution < 1.29 is 0 Å². The monoisotopic (exact) mass is 166 g/mol. The van der Waals surface area contributed by atoms with Crippen molar-refractivity contribution in [2.24, 2.45) is 0 Å². The molecule has 1 rings (SSSR count). The molecule has 1 aromatic heterocycles. The van der Waals surface area contributed by atoms with E-state index in [4.69, 9.17) is 11.6 Å².